The first-order chi connectivity index (χ1) is 14.1. The van der Waals surface area contributed by atoms with Gasteiger partial charge in [0.25, 0.3) is 0 Å². The van der Waals surface area contributed by atoms with Crippen LogP contribution in [0.5, 0.6) is 0 Å². The summed E-state index contributed by atoms with van der Waals surface area (Å²) in [7, 11) is 0. The minimum absolute atomic E-state index is 0.199. The molecule has 0 bridgehead atoms. The molecular weight excluding hydrogens is 368 g/mol. The number of nitrogens with zero attached hydrogens (tertiary/aromatic N) is 1. The highest BCUT2D eigenvalue weighted by atomic mass is 16.6. The molecule has 0 radical (unpaired) electrons. The average Bonchev–Trinajstić information content (AvgIpc) is 2.93. The van der Waals surface area contributed by atoms with Gasteiger partial charge in [0.15, 0.2) is 0 Å². The maximum atomic E-state index is 12.5. The molecule has 6 heteroatoms. The molecular formula is C23H26N2O4. The van der Waals surface area contributed by atoms with Crippen molar-refractivity contribution in [3.8, 4) is 0 Å². The SMILES string of the molecule is CC1=CCCN(C(=O)OCc2ccccc2)C[C@H]1NC(=O)OCc1ccccc1. The Balaban J connectivity index is 1.52. The highest BCUT2D eigenvalue weighted by Gasteiger charge is 2.25. The summed E-state index contributed by atoms with van der Waals surface area (Å²) >= 11 is 0. The van der Waals surface area contributed by atoms with E-state index in [1.165, 1.54) is 0 Å². The Bertz CT molecular complexity index is 836. The van der Waals surface area contributed by atoms with Crippen LogP contribution in [0.15, 0.2) is 72.3 Å². The number of nitrogens with one attached hydrogen (secondary N) is 1. The molecule has 1 heterocycles. The number of rotatable bonds is 5. The van der Waals surface area contributed by atoms with Crippen LogP contribution in [0.25, 0.3) is 0 Å². The van der Waals surface area contributed by atoms with Crippen LogP contribution < -0.4 is 5.32 Å². The van der Waals surface area contributed by atoms with Crippen molar-refractivity contribution in [2.75, 3.05) is 13.1 Å². The third-order valence-electron chi connectivity index (χ3n) is 4.79. The molecule has 2 amide bonds. The van der Waals surface area contributed by atoms with Gasteiger partial charge in [-0.25, -0.2) is 9.59 Å². The lowest BCUT2D eigenvalue weighted by Crippen LogP contribution is -2.45. The Kier molecular flexibility index (Phi) is 7.28. The van der Waals surface area contributed by atoms with E-state index in [2.05, 4.69) is 5.32 Å². The lowest BCUT2D eigenvalue weighted by atomic mass is 10.1. The van der Waals surface area contributed by atoms with E-state index in [-0.39, 0.29) is 25.3 Å². The zero-order chi connectivity index (χ0) is 20.5. The third-order valence-corrected chi connectivity index (χ3v) is 4.79. The second kappa shape index (κ2) is 10.3. The van der Waals surface area contributed by atoms with Crippen LogP contribution in [-0.2, 0) is 22.7 Å². The second-order valence-corrected chi connectivity index (χ2v) is 6.98. The lowest BCUT2D eigenvalue weighted by Gasteiger charge is -2.25. The monoisotopic (exact) mass is 394 g/mol. The molecule has 2 aromatic carbocycles. The summed E-state index contributed by atoms with van der Waals surface area (Å²) in [5.74, 6) is 0. The number of alkyl carbamates (subject to hydrolysis) is 1. The minimum Gasteiger partial charge on any atom is -0.445 e. The van der Waals surface area contributed by atoms with Crippen LogP contribution >= 0.6 is 0 Å². The number of amides is 2. The van der Waals surface area contributed by atoms with Gasteiger partial charge in [0, 0.05) is 13.1 Å². The fraction of sp³-hybridized carbons (Fsp3) is 0.304. The van der Waals surface area contributed by atoms with Crippen LogP contribution in [-0.4, -0.2) is 36.2 Å². The van der Waals surface area contributed by atoms with E-state index in [1.54, 1.807) is 4.90 Å². The molecule has 1 aliphatic rings. The first kappa shape index (κ1) is 20.5. The van der Waals surface area contributed by atoms with Gasteiger partial charge in [0.2, 0.25) is 0 Å². The topological polar surface area (TPSA) is 67.9 Å². The molecule has 0 aromatic heterocycles. The smallest absolute Gasteiger partial charge is 0.410 e. The predicted octanol–water partition coefficient (Wildman–Crippen LogP) is 4.27. The van der Waals surface area contributed by atoms with Crippen LogP contribution in [0.4, 0.5) is 9.59 Å². The van der Waals surface area contributed by atoms with Gasteiger partial charge in [-0.3, -0.25) is 0 Å². The summed E-state index contributed by atoms with van der Waals surface area (Å²) < 4.78 is 10.7. The van der Waals surface area contributed by atoms with Gasteiger partial charge in [0.1, 0.15) is 13.2 Å². The molecule has 0 unspecified atom stereocenters. The van der Waals surface area contributed by atoms with Crippen molar-refractivity contribution in [1.29, 1.82) is 0 Å². The van der Waals surface area contributed by atoms with Gasteiger partial charge in [-0.2, -0.15) is 0 Å². The molecule has 0 saturated carbocycles. The van der Waals surface area contributed by atoms with Crippen molar-refractivity contribution in [1.82, 2.24) is 10.2 Å². The Morgan fingerprint density at radius 1 is 0.966 bits per heavy atom. The molecule has 1 atom stereocenters. The zero-order valence-corrected chi connectivity index (χ0v) is 16.5. The first-order valence-corrected chi connectivity index (χ1v) is 9.71. The minimum atomic E-state index is -0.508. The predicted molar refractivity (Wildman–Crippen MR) is 110 cm³/mol. The number of ether oxygens (including phenoxy) is 2. The summed E-state index contributed by atoms with van der Waals surface area (Å²) in [6.45, 7) is 3.25. The molecule has 6 nitrogen and oxygen atoms in total. The van der Waals surface area contributed by atoms with Crippen molar-refractivity contribution in [3.63, 3.8) is 0 Å². The normalized spacial score (nSPS) is 16.4. The van der Waals surface area contributed by atoms with Crippen LogP contribution in [0.2, 0.25) is 0 Å². The largest absolute Gasteiger partial charge is 0.445 e. The third kappa shape index (κ3) is 6.38. The number of benzene rings is 2. The quantitative estimate of drug-likeness (QED) is 0.769. The Hall–Kier alpha value is -3.28. The van der Waals surface area contributed by atoms with Crippen molar-refractivity contribution in [3.05, 3.63) is 83.4 Å². The van der Waals surface area contributed by atoms with E-state index in [0.29, 0.717) is 19.5 Å². The summed E-state index contributed by atoms with van der Waals surface area (Å²) in [6, 6.07) is 18.7. The molecule has 29 heavy (non-hydrogen) atoms. The van der Waals surface area contributed by atoms with Crippen LogP contribution in [0.1, 0.15) is 24.5 Å². The van der Waals surface area contributed by atoms with Crippen molar-refractivity contribution in [2.24, 2.45) is 0 Å². The van der Waals surface area contributed by atoms with Gasteiger partial charge >= 0.3 is 12.2 Å². The lowest BCUT2D eigenvalue weighted by molar-refractivity contribution is 0.0934. The van der Waals surface area contributed by atoms with Gasteiger partial charge in [-0.15, -0.1) is 0 Å². The van der Waals surface area contributed by atoms with Crippen molar-refractivity contribution >= 4 is 12.2 Å². The Labute approximate surface area is 171 Å². The van der Waals surface area contributed by atoms with Gasteiger partial charge in [0.05, 0.1) is 6.04 Å². The Morgan fingerprint density at radius 3 is 2.17 bits per heavy atom. The molecule has 0 fully saturated rings. The zero-order valence-electron chi connectivity index (χ0n) is 16.5. The summed E-state index contributed by atoms with van der Waals surface area (Å²) in [5.41, 5.74) is 2.85. The molecule has 0 saturated heterocycles. The van der Waals surface area contributed by atoms with Gasteiger partial charge in [-0.1, -0.05) is 72.3 Å². The maximum Gasteiger partial charge on any atom is 0.410 e. The Morgan fingerprint density at radius 2 is 1.55 bits per heavy atom. The van der Waals surface area contributed by atoms with E-state index in [9.17, 15) is 9.59 Å². The summed E-state index contributed by atoms with van der Waals surface area (Å²) in [6.07, 6.45) is 1.85. The standard InChI is InChI=1S/C23H26N2O4/c1-18-9-8-14-25(23(27)29-17-20-12-6-3-7-13-20)15-21(18)24-22(26)28-16-19-10-4-2-5-11-19/h2-7,9-13,21H,8,14-17H2,1H3,(H,24,26)/t21-/m1/s1. The molecule has 1 aliphatic heterocycles. The van der Waals surface area contributed by atoms with E-state index < -0.39 is 6.09 Å². The number of hydrogen-bond donors (Lipinski definition) is 1. The molecule has 1 N–H and O–H groups in total. The van der Waals surface area contributed by atoms with E-state index >= 15 is 0 Å². The van der Waals surface area contributed by atoms with Crippen molar-refractivity contribution < 1.29 is 19.1 Å². The maximum absolute atomic E-state index is 12.5. The van der Waals surface area contributed by atoms with E-state index in [1.807, 2.05) is 73.7 Å². The summed E-state index contributed by atoms with van der Waals surface area (Å²) in [5, 5.41) is 2.86. The first-order valence-electron chi connectivity index (χ1n) is 9.71. The molecule has 0 spiro atoms. The van der Waals surface area contributed by atoms with Crippen LogP contribution in [0, 0.1) is 0 Å². The second-order valence-electron chi connectivity index (χ2n) is 6.98. The van der Waals surface area contributed by atoms with Gasteiger partial charge in [-0.05, 0) is 24.5 Å². The fourth-order valence-corrected chi connectivity index (χ4v) is 3.09. The molecule has 152 valence electrons. The average molecular weight is 394 g/mol. The molecule has 2 aromatic rings. The number of hydrogen-bond acceptors (Lipinski definition) is 4. The number of carbonyl (C=O) groups is 2. The molecule has 3 rings (SSSR count). The highest BCUT2D eigenvalue weighted by Crippen LogP contribution is 2.14. The van der Waals surface area contributed by atoms with E-state index in [0.717, 1.165) is 16.7 Å². The number of carbonyl (C=O) groups excluding carboxylic acids is 2. The highest BCUT2D eigenvalue weighted by molar-refractivity contribution is 5.70. The molecule has 0 aliphatic carbocycles. The van der Waals surface area contributed by atoms with Crippen molar-refractivity contribution in [2.45, 2.75) is 32.6 Å². The van der Waals surface area contributed by atoms with Crippen LogP contribution in [0.3, 0.4) is 0 Å². The summed E-state index contributed by atoms with van der Waals surface area (Å²) in [4.78, 5) is 26.4. The fourth-order valence-electron chi connectivity index (χ4n) is 3.09. The van der Waals surface area contributed by atoms with E-state index in [4.69, 9.17) is 9.47 Å². The van der Waals surface area contributed by atoms with Gasteiger partial charge < -0.3 is 19.7 Å².